The van der Waals surface area contributed by atoms with E-state index in [4.69, 9.17) is 15.5 Å². The van der Waals surface area contributed by atoms with Crippen molar-refractivity contribution in [1.82, 2.24) is 9.97 Å². The number of ether oxygens (including phenoxy) is 1. The van der Waals surface area contributed by atoms with Gasteiger partial charge in [-0.1, -0.05) is 50.2 Å². The Balaban J connectivity index is 1.71. The molecule has 32 heavy (non-hydrogen) atoms. The molecule has 0 aliphatic rings. The number of hydrogen-bond acceptors (Lipinski definition) is 6. The summed E-state index contributed by atoms with van der Waals surface area (Å²) in [6.45, 7) is 4.26. The molecule has 0 bridgehead atoms. The summed E-state index contributed by atoms with van der Waals surface area (Å²) in [5.41, 5.74) is 9.27. The zero-order chi connectivity index (χ0) is 22.5. The van der Waals surface area contributed by atoms with Gasteiger partial charge in [-0.25, -0.2) is 9.37 Å². The second kappa shape index (κ2) is 9.70. The van der Waals surface area contributed by atoms with Crippen molar-refractivity contribution in [3.05, 3.63) is 90.2 Å². The lowest BCUT2D eigenvalue weighted by Crippen LogP contribution is -2.01. The molecule has 0 atom stereocenters. The highest BCUT2D eigenvalue weighted by atomic mass is 32.2. The third-order valence-corrected chi connectivity index (χ3v) is 5.55. The van der Waals surface area contributed by atoms with E-state index in [0.717, 1.165) is 16.0 Å². The van der Waals surface area contributed by atoms with Gasteiger partial charge in [-0.15, -0.1) is 0 Å². The standard InChI is InChI=1S/C25H23FN4OS/c1-16(2)19-7-3-4-8-20(19)22-15-24(31-23-10-6-5-9-21(23)26)29-25(28-22)30-32-18-13-11-17(27)12-14-18/h3-16H,27H2,1-2H3,(H,28,29,30). The van der Waals surface area contributed by atoms with Crippen LogP contribution in [0.5, 0.6) is 11.6 Å². The Kier molecular flexibility index (Phi) is 6.56. The number of nitrogens with two attached hydrogens (primary N) is 1. The Morgan fingerprint density at radius 2 is 1.66 bits per heavy atom. The lowest BCUT2D eigenvalue weighted by atomic mass is 9.95. The van der Waals surface area contributed by atoms with Crippen LogP contribution in [-0.2, 0) is 0 Å². The number of para-hydroxylation sites is 1. The Hall–Kier alpha value is -3.58. The summed E-state index contributed by atoms with van der Waals surface area (Å²) in [6.07, 6.45) is 0. The fourth-order valence-electron chi connectivity index (χ4n) is 3.18. The van der Waals surface area contributed by atoms with Gasteiger partial charge in [0, 0.05) is 22.2 Å². The molecule has 4 rings (SSSR count). The summed E-state index contributed by atoms with van der Waals surface area (Å²) in [7, 11) is 0. The van der Waals surface area contributed by atoms with Crippen LogP contribution in [0.25, 0.3) is 11.3 Å². The fourth-order valence-corrected chi connectivity index (χ4v) is 3.75. The highest BCUT2D eigenvalue weighted by molar-refractivity contribution is 8.00. The summed E-state index contributed by atoms with van der Waals surface area (Å²) >= 11 is 1.35. The number of anilines is 2. The molecule has 1 heterocycles. The molecule has 7 heteroatoms. The quantitative estimate of drug-likeness (QED) is 0.238. The summed E-state index contributed by atoms with van der Waals surface area (Å²) in [4.78, 5) is 10.1. The zero-order valence-corrected chi connectivity index (χ0v) is 18.6. The van der Waals surface area contributed by atoms with Gasteiger partial charge < -0.3 is 10.5 Å². The average molecular weight is 447 g/mol. The van der Waals surface area contributed by atoms with Gasteiger partial charge in [-0.3, -0.25) is 4.72 Å². The van der Waals surface area contributed by atoms with E-state index in [9.17, 15) is 4.39 Å². The number of hydrogen-bond donors (Lipinski definition) is 2. The lowest BCUT2D eigenvalue weighted by molar-refractivity contribution is 0.427. The molecule has 0 aliphatic heterocycles. The molecule has 0 fully saturated rings. The van der Waals surface area contributed by atoms with E-state index in [1.54, 1.807) is 24.3 Å². The van der Waals surface area contributed by atoms with Crippen molar-refractivity contribution in [2.24, 2.45) is 0 Å². The van der Waals surface area contributed by atoms with E-state index in [2.05, 4.69) is 29.6 Å². The predicted molar refractivity (Wildman–Crippen MR) is 128 cm³/mol. The van der Waals surface area contributed by atoms with Gasteiger partial charge in [-0.2, -0.15) is 4.98 Å². The van der Waals surface area contributed by atoms with Crippen LogP contribution in [0.1, 0.15) is 25.3 Å². The van der Waals surface area contributed by atoms with Crippen molar-refractivity contribution in [1.29, 1.82) is 0 Å². The first kappa shape index (κ1) is 21.6. The summed E-state index contributed by atoms with van der Waals surface area (Å²) in [5.74, 6) is 0.554. The van der Waals surface area contributed by atoms with E-state index in [0.29, 0.717) is 23.2 Å². The maximum atomic E-state index is 14.2. The van der Waals surface area contributed by atoms with Crippen LogP contribution < -0.4 is 15.2 Å². The fraction of sp³-hybridized carbons (Fsp3) is 0.120. The van der Waals surface area contributed by atoms with E-state index in [1.807, 2.05) is 42.5 Å². The molecule has 4 aromatic rings. The number of nitrogens with one attached hydrogen (secondary N) is 1. The van der Waals surface area contributed by atoms with Crippen molar-refractivity contribution < 1.29 is 9.13 Å². The number of benzene rings is 3. The normalized spacial score (nSPS) is 10.9. The van der Waals surface area contributed by atoms with Crippen LogP contribution in [0.4, 0.5) is 16.0 Å². The molecule has 0 radical (unpaired) electrons. The molecule has 0 saturated carbocycles. The Bertz CT molecular complexity index is 1210. The second-order valence-electron chi connectivity index (χ2n) is 7.46. The molecule has 162 valence electrons. The highest BCUT2D eigenvalue weighted by Gasteiger charge is 2.14. The predicted octanol–water partition coefficient (Wildman–Crippen LogP) is 6.90. The molecule has 5 nitrogen and oxygen atoms in total. The minimum Gasteiger partial charge on any atom is -0.436 e. The van der Waals surface area contributed by atoms with E-state index >= 15 is 0 Å². The monoisotopic (exact) mass is 446 g/mol. The van der Waals surface area contributed by atoms with Gasteiger partial charge in [0.15, 0.2) is 11.6 Å². The number of nitrogens with zero attached hydrogens (tertiary/aromatic N) is 2. The maximum Gasteiger partial charge on any atom is 0.237 e. The Morgan fingerprint density at radius 3 is 2.41 bits per heavy atom. The first-order valence-electron chi connectivity index (χ1n) is 10.2. The van der Waals surface area contributed by atoms with E-state index in [-0.39, 0.29) is 11.6 Å². The third kappa shape index (κ3) is 5.18. The number of rotatable bonds is 7. The molecule has 0 aliphatic carbocycles. The highest BCUT2D eigenvalue weighted by Crippen LogP contribution is 2.33. The van der Waals surface area contributed by atoms with Crippen LogP contribution >= 0.6 is 11.9 Å². The minimum absolute atomic E-state index is 0.103. The molecule has 0 saturated heterocycles. The van der Waals surface area contributed by atoms with Gasteiger partial charge in [0.25, 0.3) is 0 Å². The van der Waals surface area contributed by atoms with E-state index < -0.39 is 5.82 Å². The van der Waals surface area contributed by atoms with Crippen molar-refractivity contribution in [3.8, 4) is 22.9 Å². The summed E-state index contributed by atoms with van der Waals surface area (Å²) < 4.78 is 23.1. The van der Waals surface area contributed by atoms with Crippen molar-refractivity contribution in [2.45, 2.75) is 24.7 Å². The molecule has 0 amide bonds. The van der Waals surface area contributed by atoms with Crippen LogP contribution in [0, 0.1) is 5.82 Å². The van der Waals surface area contributed by atoms with Gasteiger partial charge >= 0.3 is 0 Å². The first-order chi connectivity index (χ1) is 15.5. The second-order valence-corrected chi connectivity index (χ2v) is 8.34. The van der Waals surface area contributed by atoms with Crippen molar-refractivity contribution in [3.63, 3.8) is 0 Å². The van der Waals surface area contributed by atoms with E-state index in [1.165, 1.54) is 18.0 Å². The minimum atomic E-state index is -0.457. The smallest absolute Gasteiger partial charge is 0.237 e. The maximum absolute atomic E-state index is 14.2. The molecular formula is C25H23FN4OS. The molecular weight excluding hydrogens is 423 g/mol. The van der Waals surface area contributed by atoms with Gasteiger partial charge in [0.05, 0.1) is 5.69 Å². The average Bonchev–Trinajstić information content (AvgIpc) is 2.80. The summed E-state index contributed by atoms with van der Waals surface area (Å²) in [6, 6.07) is 23.5. The van der Waals surface area contributed by atoms with Crippen LogP contribution in [0.3, 0.4) is 0 Å². The van der Waals surface area contributed by atoms with Gasteiger partial charge in [-0.05, 0) is 59.8 Å². The third-order valence-electron chi connectivity index (χ3n) is 4.75. The Morgan fingerprint density at radius 1 is 0.938 bits per heavy atom. The topological polar surface area (TPSA) is 73.1 Å². The van der Waals surface area contributed by atoms with Gasteiger partial charge in [0.1, 0.15) is 0 Å². The van der Waals surface area contributed by atoms with Crippen LogP contribution in [0.15, 0.2) is 83.8 Å². The van der Waals surface area contributed by atoms with Crippen LogP contribution in [-0.4, -0.2) is 9.97 Å². The molecule has 0 unspecified atom stereocenters. The Labute approximate surface area is 191 Å². The molecule has 0 spiro atoms. The summed E-state index contributed by atoms with van der Waals surface area (Å²) in [5, 5.41) is 0. The van der Waals surface area contributed by atoms with Crippen molar-refractivity contribution >= 4 is 23.6 Å². The van der Waals surface area contributed by atoms with Gasteiger partial charge in [0.2, 0.25) is 11.8 Å². The number of halogens is 1. The molecule has 1 aromatic heterocycles. The number of aromatic nitrogens is 2. The first-order valence-corrected chi connectivity index (χ1v) is 11.0. The van der Waals surface area contributed by atoms with Crippen LogP contribution in [0.2, 0.25) is 0 Å². The van der Waals surface area contributed by atoms with Crippen molar-refractivity contribution in [2.75, 3.05) is 10.5 Å². The molecule has 3 aromatic carbocycles. The number of nitrogen functional groups attached to an aromatic ring is 1. The molecule has 3 N–H and O–H groups in total. The lowest BCUT2D eigenvalue weighted by Gasteiger charge is -2.15. The SMILES string of the molecule is CC(C)c1ccccc1-c1cc(Oc2ccccc2F)nc(NSc2ccc(N)cc2)n1. The zero-order valence-electron chi connectivity index (χ0n) is 17.7. The largest absolute Gasteiger partial charge is 0.436 e.